The fourth-order valence-electron chi connectivity index (χ4n) is 3.11. The molecule has 1 saturated heterocycles. The molecular formula is C18H25N3O3. The molecule has 1 fully saturated rings. The summed E-state index contributed by atoms with van der Waals surface area (Å²) in [6.45, 7) is 7.97. The molecule has 2 aliphatic heterocycles. The number of hydrogen-bond acceptors (Lipinski definition) is 5. The van der Waals surface area contributed by atoms with Crippen LogP contribution in [-0.2, 0) is 16.2 Å². The van der Waals surface area contributed by atoms with Gasteiger partial charge in [0.1, 0.15) is 5.75 Å². The lowest BCUT2D eigenvalue weighted by molar-refractivity contribution is -0.143. The van der Waals surface area contributed by atoms with Gasteiger partial charge < -0.3 is 14.8 Å². The third kappa shape index (κ3) is 3.87. The van der Waals surface area contributed by atoms with Crippen LogP contribution in [0.2, 0.25) is 0 Å². The van der Waals surface area contributed by atoms with Gasteiger partial charge in [-0.2, -0.15) is 0 Å². The van der Waals surface area contributed by atoms with Crippen LogP contribution in [0.15, 0.2) is 29.4 Å². The van der Waals surface area contributed by atoms with Gasteiger partial charge in [-0.25, -0.2) is 0 Å². The number of carbonyl (C=O) groups excluding carboxylic acids is 1. The minimum absolute atomic E-state index is 0.0476. The fourth-order valence-corrected chi connectivity index (χ4v) is 3.11. The number of nitrogens with zero attached hydrogens (tertiary/aromatic N) is 3. The van der Waals surface area contributed by atoms with Gasteiger partial charge in [0, 0.05) is 39.1 Å². The Labute approximate surface area is 142 Å². The van der Waals surface area contributed by atoms with E-state index in [1.807, 2.05) is 17.0 Å². The van der Waals surface area contributed by atoms with E-state index in [-0.39, 0.29) is 5.91 Å². The summed E-state index contributed by atoms with van der Waals surface area (Å²) in [5, 5.41) is 13.6. The molecule has 0 aliphatic carbocycles. The first-order chi connectivity index (χ1) is 11.5. The van der Waals surface area contributed by atoms with E-state index in [2.05, 4.69) is 23.9 Å². The SMILES string of the molecule is CC(C)C1=NOC(C(=O)N2CCN(Cc3cccc(O)c3)CC2)C1. The van der Waals surface area contributed by atoms with Crippen molar-refractivity contribution in [2.24, 2.45) is 11.1 Å². The van der Waals surface area contributed by atoms with E-state index < -0.39 is 6.10 Å². The highest BCUT2D eigenvalue weighted by Gasteiger charge is 2.33. The largest absolute Gasteiger partial charge is 0.508 e. The lowest BCUT2D eigenvalue weighted by atomic mass is 10.0. The Bertz CT molecular complexity index is 622. The number of piperazine rings is 1. The maximum Gasteiger partial charge on any atom is 0.266 e. The van der Waals surface area contributed by atoms with Crippen molar-refractivity contribution < 1.29 is 14.7 Å². The number of phenols is 1. The molecule has 2 heterocycles. The highest BCUT2D eigenvalue weighted by atomic mass is 16.6. The van der Waals surface area contributed by atoms with Crippen LogP contribution in [0.4, 0.5) is 0 Å². The van der Waals surface area contributed by atoms with Crippen LogP contribution >= 0.6 is 0 Å². The van der Waals surface area contributed by atoms with E-state index in [0.717, 1.165) is 30.9 Å². The maximum atomic E-state index is 12.6. The molecule has 1 amide bonds. The second kappa shape index (κ2) is 7.21. The van der Waals surface area contributed by atoms with Crippen molar-refractivity contribution in [2.75, 3.05) is 26.2 Å². The highest BCUT2D eigenvalue weighted by Crippen LogP contribution is 2.19. The predicted molar refractivity (Wildman–Crippen MR) is 91.7 cm³/mol. The molecule has 2 aliphatic rings. The van der Waals surface area contributed by atoms with Crippen molar-refractivity contribution in [3.63, 3.8) is 0 Å². The molecule has 0 aromatic heterocycles. The van der Waals surface area contributed by atoms with Gasteiger partial charge >= 0.3 is 0 Å². The third-order valence-corrected chi connectivity index (χ3v) is 4.63. The minimum Gasteiger partial charge on any atom is -0.508 e. The monoisotopic (exact) mass is 331 g/mol. The van der Waals surface area contributed by atoms with E-state index in [9.17, 15) is 9.90 Å². The Morgan fingerprint density at radius 2 is 2.08 bits per heavy atom. The van der Waals surface area contributed by atoms with Gasteiger partial charge in [0.25, 0.3) is 5.91 Å². The summed E-state index contributed by atoms with van der Waals surface area (Å²) in [7, 11) is 0. The van der Waals surface area contributed by atoms with Crippen LogP contribution in [0.3, 0.4) is 0 Å². The van der Waals surface area contributed by atoms with Crippen LogP contribution in [-0.4, -0.2) is 58.8 Å². The number of oxime groups is 1. The zero-order valence-electron chi connectivity index (χ0n) is 14.3. The summed E-state index contributed by atoms with van der Waals surface area (Å²) in [6, 6.07) is 7.33. The Hall–Kier alpha value is -2.08. The Morgan fingerprint density at radius 3 is 2.71 bits per heavy atom. The van der Waals surface area contributed by atoms with Gasteiger partial charge in [0.2, 0.25) is 6.10 Å². The molecule has 24 heavy (non-hydrogen) atoms. The normalized spacial score (nSPS) is 21.7. The molecule has 1 unspecified atom stereocenters. The van der Waals surface area contributed by atoms with E-state index in [0.29, 0.717) is 31.2 Å². The van der Waals surface area contributed by atoms with E-state index in [1.54, 1.807) is 12.1 Å². The molecule has 1 atom stereocenters. The summed E-state index contributed by atoms with van der Waals surface area (Å²) in [6.07, 6.45) is 0.167. The number of benzene rings is 1. The number of aromatic hydroxyl groups is 1. The second-order valence-electron chi connectivity index (χ2n) is 6.81. The van der Waals surface area contributed by atoms with Crippen LogP contribution in [0.1, 0.15) is 25.8 Å². The predicted octanol–water partition coefficient (Wildman–Crippen LogP) is 1.84. The third-order valence-electron chi connectivity index (χ3n) is 4.63. The quantitative estimate of drug-likeness (QED) is 0.914. The molecule has 3 rings (SSSR count). The van der Waals surface area contributed by atoms with Crippen molar-refractivity contribution in [3.8, 4) is 5.75 Å². The lowest BCUT2D eigenvalue weighted by Crippen LogP contribution is -2.51. The maximum absolute atomic E-state index is 12.6. The molecule has 1 aromatic carbocycles. The second-order valence-corrected chi connectivity index (χ2v) is 6.81. The summed E-state index contributed by atoms with van der Waals surface area (Å²) in [5.74, 6) is 0.661. The molecule has 0 radical (unpaired) electrons. The van der Waals surface area contributed by atoms with Gasteiger partial charge in [-0.3, -0.25) is 9.69 Å². The molecule has 6 nitrogen and oxygen atoms in total. The fraction of sp³-hybridized carbons (Fsp3) is 0.556. The molecular weight excluding hydrogens is 306 g/mol. The average molecular weight is 331 g/mol. The minimum atomic E-state index is -0.444. The Balaban J connectivity index is 1.48. The Kier molecular flexibility index (Phi) is 5.04. The smallest absolute Gasteiger partial charge is 0.266 e. The molecule has 1 aromatic rings. The molecule has 130 valence electrons. The highest BCUT2D eigenvalue weighted by molar-refractivity contribution is 5.93. The van der Waals surface area contributed by atoms with Gasteiger partial charge in [-0.05, 0) is 23.6 Å². The molecule has 1 N–H and O–H groups in total. The number of rotatable bonds is 4. The van der Waals surface area contributed by atoms with Crippen molar-refractivity contribution in [1.29, 1.82) is 0 Å². The first-order valence-electron chi connectivity index (χ1n) is 8.54. The summed E-state index contributed by atoms with van der Waals surface area (Å²) >= 11 is 0. The molecule has 0 bridgehead atoms. The molecule has 0 saturated carbocycles. The van der Waals surface area contributed by atoms with Crippen LogP contribution < -0.4 is 0 Å². The number of carbonyl (C=O) groups is 1. The van der Waals surface area contributed by atoms with Gasteiger partial charge in [0.15, 0.2) is 0 Å². The first-order valence-corrected chi connectivity index (χ1v) is 8.54. The van der Waals surface area contributed by atoms with E-state index >= 15 is 0 Å². The van der Waals surface area contributed by atoms with Crippen LogP contribution in [0, 0.1) is 5.92 Å². The van der Waals surface area contributed by atoms with Crippen molar-refractivity contribution >= 4 is 11.6 Å². The van der Waals surface area contributed by atoms with Gasteiger partial charge in [-0.15, -0.1) is 0 Å². The zero-order chi connectivity index (χ0) is 17.1. The number of amides is 1. The summed E-state index contributed by atoms with van der Waals surface area (Å²) in [5.41, 5.74) is 2.06. The van der Waals surface area contributed by atoms with Crippen molar-refractivity contribution in [3.05, 3.63) is 29.8 Å². The van der Waals surface area contributed by atoms with Crippen molar-refractivity contribution in [2.45, 2.75) is 32.9 Å². The first kappa shape index (κ1) is 16.8. The van der Waals surface area contributed by atoms with Crippen LogP contribution in [0.25, 0.3) is 0 Å². The van der Waals surface area contributed by atoms with Crippen molar-refractivity contribution in [1.82, 2.24) is 9.80 Å². The van der Waals surface area contributed by atoms with E-state index in [4.69, 9.17) is 4.84 Å². The number of phenolic OH excluding ortho intramolecular Hbond substituents is 1. The lowest BCUT2D eigenvalue weighted by Gasteiger charge is -2.35. The molecule has 0 spiro atoms. The van der Waals surface area contributed by atoms with E-state index in [1.165, 1.54) is 0 Å². The summed E-state index contributed by atoms with van der Waals surface area (Å²) < 4.78 is 0. The van der Waals surface area contributed by atoms with Gasteiger partial charge in [-0.1, -0.05) is 31.1 Å². The van der Waals surface area contributed by atoms with Crippen LogP contribution in [0.5, 0.6) is 5.75 Å². The number of hydrogen-bond donors (Lipinski definition) is 1. The topological polar surface area (TPSA) is 65.4 Å². The standard InChI is InChI=1S/C18H25N3O3/c1-13(2)16-11-17(24-19-16)18(23)21-8-6-20(7-9-21)12-14-4-3-5-15(22)10-14/h3-5,10,13,17,22H,6-9,11-12H2,1-2H3. The van der Waals surface area contributed by atoms with Gasteiger partial charge in [0.05, 0.1) is 5.71 Å². The Morgan fingerprint density at radius 1 is 1.33 bits per heavy atom. The molecule has 6 heteroatoms. The average Bonchev–Trinajstić information content (AvgIpc) is 3.05. The zero-order valence-corrected chi connectivity index (χ0v) is 14.3. The summed E-state index contributed by atoms with van der Waals surface area (Å²) in [4.78, 5) is 22.1.